The summed E-state index contributed by atoms with van der Waals surface area (Å²) in [7, 11) is 1.26. The van der Waals surface area contributed by atoms with Crippen molar-refractivity contribution < 1.29 is 46.8 Å². The number of hydrogen-bond acceptors (Lipinski definition) is 7. The summed E-state index contributed by atoms with van der Waals surface area (Å²) in [5, 5.41) is 10.8. The second-order valence-corrected chi connectivity index (χ2v) is 11.0. The molecule has 1 aliphatic rings. The number of ether oxygens (including phenoxy) is 4. The Bertz CT molecular complexity index is 1030. The minimum atomic E-state index is -4.85. The predicted octanol–water partition coefficient (Wildman–Crippen LogP) is 4.64. The maximum absolute atomic E-state index is 12.5. The first-order valence-electron chi connectivity index (χ1n) is 10.9. The number of carbonyl (C=O) groups excluding carboxylic acids is 1. The van der Waals surface area contributed by atoms with Gasteiger partial charge in [0, 0.05) is 13.5 Å². The van der Waals surface area contributed by atoms with Crippen LogP contribution >= 0.6 is 23.2 Å². The monoisotopic (exact) mass is 572 g/mol. The maximum Gasteiger partial charge on any atom is 0.573 e. The van der Waals surface area contributed by atoms with Gasteiger partial charge in [-0.05, 0) is 57.0 Å². The summed E-state index contributed by atoms with van der Waals surface area (Å²) < 4.78 is 57.5. The van der Waals surface area contributed by atoms with E-state index in [2.05, 4.69) is 10.1 Å². The molecule has 4 unspecified atom stereocenters. The molecule has 0 saturated carbocycles. The molecule has 4 N–H and O–H groups in total. The number of benzene rings is 1. The summed E-state index contributed by atoms with van der Waals surface area (Å²) in [6, 6.07) is 4.80. The number of halogens is 5. The largest absolute Gasteiger partial charge is 0.573 e. The highest BCUT2D eigenvalue weighted by atomic mass is 35.5. The molecular weight excluding hydrogens is 544 g/mol. The Hall–Kier alpha value is -2.25. The van der Waals surface area contributed by atoms with Gasteiger partial charge in [0.05, 0.1) is 6.61 Å². The lowest BCUT2D eigenvalue weighted by Crippen LogP contribution is -2.64. The van der Waals surface area contributed by atoms with Gasteiger partial charge in [-0.3, -0.25) is 0 Å². The summed E-state index contributed by atoms with van der Waals surface area (Å²) >= 11 is 13.1. The molecule has 0 saturated heterocycles. The number of rotatable bonds is 8. The SMILES string of the molecule is COC1(Cl)C=C(C(C)(NC(=O)OC(C)(C)C)C(=O)O)C(OCc2ccc(OC(F)(F)F)cc2)C(N)(Cl)C1. The van der Waals surface area contributed by atoms with Crippen molar-refractivity contribution in [1.82, 2.24) is 5.32 Å². The van der Waals surface area contributed by atoms with Gasteiger partial charge < -0.3 is 35.1 Å². The lowest BCUT2D eigenvalue weighted by molar-refractivity contribution is -0.274. The van der Waals surface area contributed by atoms with Crippen LogP contribution in [0.1, 0.15) is 39.7 Å². The van der Waals surface area contributed by atoms with Crippen LogP contribution in [0.5, 0.6) is 5.75 Å². The van der Waals surface area contributed by atoms with E-state index in [1.807, 2.05) is 0 Å². The number of alkyl carbamates (subject to hydrolysis) is 1. The first-order chi connectivity index (χ1) is 16.7. The molecule has 1 aromatic rings. The maximum atomic E-state index is 12.5. The van der Waals surface area contributed by atoms with Gasteiger partial charge in [0.15, 0.2) is 10.6 Å². The van der Waals surface area contributed by atoms with E-state index in [1.165, 1.54) is 32.2 Å². The van der Waals surface area contributed by atoms with Gasteiger partial charge in [-0.25, -0.2) is 9.59 Å². The fourth-order valence-electron chi connectivity index (χ4n) is 3.57. The summed E-state index contributed by atoms with van der Waals surface area (Å²) in [6.45, 7) is 5.72. The van der Waals surface area contributed by atoms with Gasteiger partial charge in [-0.1, -0.05) is 35.3 Å². The molecule has 0 fully saturated rings. The number of nitrogens with two attached hydrogens (primary N) is 1. The standard InChI is InChI=1S/C23H29Cl2F3N2O7/c1-19(2,3)37-18(33)30-20(4,17(31)32)15-10-21(24,34-5)12-22(25,29)16(15)35-11-13-6-8-14(9-7-13)36-23(26,27)28/h6-10,16H,11-12,29H2,1-5H3,(H,30,33)(H,31,32). The topological polar surface area (TPSA) is 129 Å². The molecule has 37 heavy (non-hydrogen) atoms. The summed E-state index contributed by atoms with van der Waals surface area (Å²) in [5.41, 5.74) is 3.46. The Morgan fingerprint density at radius 2 is 1.73 bits per heavy atom. The van der Waals surface area contributed by atoms with Crippen LogP contribution in [0.2, 0.25) is 0 Å². The van der Waals surface area contributed by atoms with Crippen molar-refractivity contribution in [3.8, 4) is 5.75 Å². The van der Waals surface area contributed by atoms with Crippen LogP contribution < -0.4 is 15.8 Å². The second-order valence-electron chi connectivity index (χ2n) is 9.63. The number of nitrogens with one attached hydrogen (secondary N) is 1. The zero-order chi connectivity index (χ0) is 28.4. The van der Waals surface area contributed by atoms with Gasteiger partial charge in [0.1, 0.15) is 22.5 Å². The number of aliphatic carboxylic acids is 1. The molecule has 14 heteroatoms. The third kappa shape index (κ3) is 8.37. The zero-order valence-corrected chi connectivity index (χ0v) is 22.3. The number of carbonyl (C=O) groups is 2. The number of carboxylic acids is 1. The van der Waals surface area contributed by atoms with Crippen LogP contribution in [0, 0.1) is 0 Å². The van der Waals surface area contributed by atoms with Crippen molar-refractivity contribution in [2.75, 3.05) is 7.11 Å². The Balaban J connectivity index is 2.43. The highest BCUT2D eigenvalue weighted by Crippen LogP contribution is 2.45. The van der Waals surface area contributed by atoms with Gasteiger partial charge in [-0.2, -0.15) is 0 Å². The summed E-state index contributed by atoms with van der Waals surface area (Å²) in [5.74, 6) is -1.94. The van der Waals surface area contributed by atoms with E-state index < -0.39 is 51.5 Å². The second kappa shape index (κ2) is 10.9. The molecule has 0 aliphatic heterocycles. The molecule has 4 atom stereocenters. The van der Waals surface area contributed by atoms with E-state index in [0.29, 0.717) is 5.56 Å². The van der Waals surface area contributed by atoms with Crippen LogP contribution in [0.15, 0.2) is 35.9 Å². The van der Waals surface area contributed by atoms with Crippen LogP contribution in [0.25, 0.3) is 0 Å². The average Bonchev–Trinajstić information content (AvgIpc) is 2.70. The van der Waals surface area contributed by atoms with Gasteiger partial charge in [0.25, 0.3) is 0 Å². The minimum Gasteiger partial charge on any atom is -0.479 e. The molecule has 1 aromatic carbocycles. The highest BCUT2D eigenvalue weighted by Gasteiger charge is 2.55. The number of alkyl halides is 5. The van der Waals surface area contributed by atoms with Gasteiger partial charge >= 0.3 is 18.4 Å². The fraction of sp³-hybridized carbons (Fsp3) is 0.565. The lowest BCUT2D eigenvalue weighted by Gasteiger charge is -2.46. The Labute approximate surface area is 222 Å². The minimum absolute atomic E-state index is 0.136. The number of hydrogen-bond donors (Lipinski definition) is 3. The molecule has 1 amide bonds. The molecule has 0 spiro atoms. The molecule has 9 nitrogen and oxygen atoms in total. The molecule has 208 valence electrons. The Kier molecular flexibility index (Phi) is 9.09. The Morgan fingerprint density at radius 3 is 2.19 bits per heavy atom. The lowest BCUT2D eigenvalue weighted by atomic mass is 9.78. The first kappa shape index (κ1) is 31.0. The molecule has 0 radical (unpaired) electrons. The molecule has 0 aromatic heterocycles. The highest BCUT2D eigenvalue weighted by molar-refractivity contribution is 6.28. The van der Waals surface area contributed by atoms with Gasteiger partial charge in [-0.15, -0.1) is 13.2 Å². The number of methoxy groups -OCH3 is 1. The van der Waals surface area contributed by atoms with Crippen LogP contribution in [-0.2, 0) is 25.6 Å². The number of amides is 1. The summed E-state index contributed by atoms with van der Waals surface area (Å²) in [6.07, 6.45) is -6.22. The van der Waals surface area contributed by atoms with E-state index >= 15 is 0 Å². The third-order valence-corrected chi connectivity index (χ3v) is 6.00. The zero-order valence-electron chi connectivity index (χ0n) is 20.7. The smallest absolute Gasteiger partial charge is 0.479 e. The van der Waals surface area contributed by atoms with E-state index in [0.717, 1.165) is 12.1 Å². The quantitative estimate of drug-likeness (QED) is 0.233. The van der Waals surface area contributed by atoms with Gasteiger partial charge in [0.2, 0.25) is 0 Å². The van der Waals surface area contributed by atoms with Crippen molar-refractivity contribution in [3.05, 3.63) is 41.5 Å². The van der Waals surface area contributed by atoms with Crippen molar-refractivity contribution in [2.24, 2.45) is 5.73 Å². The van der Waals surface area contributed by atoms with E-state index in [9.17, 15) is 27.9 Å². The summed E-state index contributed by atoms with van der Waals surface area (Å²) in [4.78, 5) is 23.2. The van der Waals surface area contributed by atoms with E-state index in [-0.39, 0.29) is 18.6 Å². The fourth-order valence-corrected chi connectivity index (χ4v) is 4.36. The molecule has 0 heterocycles. The normalized spacial score (nSPS) is 26.0. The van der Waals surface area contributed by atoms with Crippen molar-refractivity contribution >= 4 is 35.3 Å². The Morgan fingerprint density at radius 1 is 1.16 bits per heavy atom. The van der Waals surface area contributed by atoms with Crippen molar-refractivity contribution in [3.63, 3.8) is 0 Å². The molecule has 1 aliphatic carbocycles. The molecule has 0 bridgehead atoms. The average molecular weight is 573 g/mol. The number of carboxylic acid groups (broad SMARTS) is 1. The first-order valence-corrected chi connectivity index (χ1v) is 11.6. The van der Waals surface area contributed by atoms with Crippen molar-refractivity contribution in [2.45, 2.75) is 74.4 Å². The van der Waals surface area contributed by atoms with Crippen LogP contribution in [0.3, 0.4) is 0 Å². The third-order valence-electron chi connectivity index (χ3n) is 5.27. The van der Waals surface area contributed by atoms with Crippen molar-refractivity contribution in [1.29, 1.82) is 0 Å². The van der Waals surface area contributed by atoms with E-state index in [1.54, 1.807) is 20.8 Å². The molecule has 2 rings (SSSR count). The molecular formula is C23H29Cl2F3N2O7. The predicted molar refractivity (Wildman–Crippen MR) is 128 cm³/mol. The van der Waals surface area contributed by atoms with E-state index in [4.69, 9.17) is 43.1 Å². The van der Waals surface area contributed by atoms with Crippen LogP contribution in [0.4, 0.5) is 18.0 Å². The van der Waals surface area contributed by atoms with Crippen LogP contribution in [-0.4, -0.2) is 57.9 Å².